The van der Waals surface area contributed by atoms with E-state index < -0.39 is 0 Å². The van der Waals surface area contributed by atoms with Crippen molar-refractivity contribution in [1.82, 2.24) is 15.0 Å². The lowest BCUT2D eigenvalue weighted by molar-refractivity contribution is 0.0197. The Kier molecular flexibility index (Phi) is 4.53. The summed E-state index contributed by atoms with van der Waals surface area (Å²) < 4.78 is 11.2. The second-order valence-electron chi connectivity index (χ2n) is 7.06. The van der Waals surface area contributed by atoms with Gasteiger partial charge in [0.1, 0.15) is 5.76 Å². The van der Waals surface area contributed by atoms with Crippen molar-refractivity contribution < 1.29 is 14.1 Å². The monoisotopic (exact) mass is 341 g/mol. The van der Waals surface area contributed by atoms with Crippen LogP contribution in [0.3, 0.4) is 0 Å². The molecule has 1 saturated heterocycles. The zero-order valence-electron chi connectivity index (χ0n) is 14.4. The maximum absolute atomic E-state index is 12.9. The maximum Gasteiger partial charge on any atom is 0.276 e. The molecule has 0 aromatic carbocycles. The lowest BCUT2D eigenvalue weighted by atomic mass is 10.0. The fraction of sp³-hybridized carbons (Fsp3) is 0.526. The molecule has 0 unspecified atom stereocenters. The molecule has 132 valence electrons. The standard InChI is InChI=1S/C19H23N3O3/c1-13-9-16(21-25-13)19(23)22-8-6-18(24-12-14-4-5-14)17(22)10-15-3-2-7-20-11-15/h2-3,7,9,11,14,17-18H,4-6,8,10,12H2,1H3/t17-,18+/m0/s1. The number of hydrogen-bond donors (Lipinski definition) is 0. The van der Waals surface area contributed by atoms with Gasteiger partial charge in [-0.3, -0.25) is 9.78 Å². The predicted molar refractivity (Wildman–Crippen MR) is 91.1 cm³/mol. The first-order valence-corrected chi connectivity index (χ1v) is 8.95. The zero-order valence-corrected chi connectivity index (χ0v) is 14.4. The highest BCUT2D eigenvalue weighted by atomic mass is 16.5. The first kappa shape index (κ1) is 16.3. The molecule has 1 aliphatic carbocycles. The van der Waals surface area contributed by atoms with Crippen LogP contribution in [-0.4, -0.2) is 46.2 Å². The van der Waals surface area contributed by atoms with Crippen molar-refractivity contribution >= 4 is 5.91 Å². The van der Waals surface area contributed by atoms with E-state index in [4.69, 9.17) is 9.26 Å². The molecule has 0 N–H and O–H groups in total. The molecule has 6 nitrogen and oxygen atoms in total. The van der Waals surface area contributed by atoms with E-state index in [0.29, 0.717) is 23.9 Å². The lowest BCUT2D eigenvalue weighted by Gasteiger charge is -2.28. The van der Waals surface area contributed by atoms with Crippen molar-refractivity contribution in [3.8, 4) is 0 Å². The molecule has 2 fully saturated rings. The molecule has 6 heteroatoms. The minimum absolute atomic E-state index is 0.00690. The molecule has 0 bridgehead atoms. The average molecular weight is 341 g/mol. The molecular weight excluding hydrogens is 318 g/mol. The number of rotatable bonds is 6. The third-order valence-corrected chi connectivity index (χ3v) is 5.00. The van der Waals surface area contributed by atoms with E-state index in [2.05, 4.69) is 10.1 Å². The Balaban J connectivity index is 1.52. The van der Waals surface area contributed by atoms with Crippen LogP contribution in [0.15, 0.2) is 35.1 Å². The van der Waals surface area contributed by atoms with Gasteiger partial charge in [0.2, 0.25) is 0 Å². The third kappa shape index (κ3) is 3.74. The number of carbonyl (C=O) groups is 1. The second-order valence-corrected chi connectivity index (χ2v) is 7.06. The van der Waals surface area contributed by atoms with Gasteiger partial charge < -0.3 is 14.2 Å². The van der Waals surface area contributed by atoms with E-state index >= 15 is 0 Å². The smallest absolute Gasteiger partial charge is 0.276 e. The van der Waals surface area contributed by atoms with Crippen molar-refractivity contribution in [2.24, 2.45) is 5.92 Å². The van der Waals surface area contributed by atoms with Crippen LogP contribution in [0.4, 0.5) is 0 Å². The van der Waals surface area contributed by atoms with Crippen LogP contribution >= 0.6 is 0 Å². The molecule has 25 heavy (non-hydrogen) atoms. The summed E-state index contributed by atoms with van der Waals surface area (Å²) in [5, 5.41) is 3.89. The number of carbonyl (C=O) groups excluding carboxylic acids is 1. The molecule has 1 aliphatic heterocycles. The average Bonchev–Trinajstić information content (AvgIpc) is 3.23. The van der Waals surface area contributed by atoms with E-state index in [1.54, 1.807) is 19.2 Å². The van der Waals surface area contributed by atoms with Gasteiger partial charge in [-0.1, -0.05) is 11.2 Å². The summed E-state index contributed by atoms with van der Waals surface area (Å²) >= 11 is 0. The summed E-state index contributed by atoms with van der Waals surface area (Å²) in [6.45, 7) is 3.28. The Morgan fingerprint density at radius 3 is 2.96 bits per heavy atom. The van der Waals surface area contributed by atoms with Crippen LogP contribution in [0.1, 0.15) is 41.1 Å². The fourth-order valence-electron chi connectivity index (χ4n) is 3.43. The molecule has 1 saturated carbocycles. The summed E-state index contributed by atoms with van der Waals surface area (Å²) in [4.78, 5) is 19.0. The van der Waals surface area contributed by atoms with Crippen LogP contribution in [0, 0.1) is 12.8 Å². The Morgan fingerprint density at radius 1 is 1.40 bits per heavy atom. The Bertz CT molecular complexity index is 727. The van der Waals surface area contributed by atoms with Gasteiger partial charge in [0.05, 0.1) is 12.1 Å². The molecule has 0 radical (unpaired) electrons. The minimum Gasteiger partial charge on any atom is -0.376 e. The summed E-state index contributed by atoms with van der Waals surface area (Å²) in [6.07, 6.45) is 7.82. The van der Waals surface area contributed by atoms with Gasteiger partial charge in [-0.2, -0.15) is 0 Å². The van der Waals surface area contributed by atoms with E-state index in [0.717, 1.165) is 25.0 Å². The largest absolute Gasteiger partial charge is 0.376 e. The van der Waals surface area contributed by atoms with Gasteiger partial charge in [0, 0.05) is 31.6 Å². The number of hydrogen-bond acceptors (Lipinski definition) is 5. The molecule has 4 rings (SSSR count). The molecule has 2 aromatic heterocycles. The highest BCUT2D eigenvalue weighted by Gasteiger charge is 2.39. The SMILES string of the molecule is Cc1cc(C(=O)N2CC[C@@H](OCC3CC3)[C@@H]2Cc2cccnc2)no1. The van der Waals surface area contributed by atoms with Crippen molar-refractivity contribution in [2.45, 2.75) is 44.8 Å². The molecule has 2 aromatic rings. The number of aryl methyl sites for hydroxylation is 1. The van der Waals surface area contributed by atoms with Gasteiger partial charge in [0.25, 0.3) is 5.91 Å². The van der Waals surface area contributed by atoms with Gasteiger partial charge in [0.15, 0.2) is 5.69 Å². The summed E-state index contributed by atoms with van der Waals surface area (Å²) in [7, 11) is 0. The van der Waals surface area contributed by atoms with Gasteiger partial charge in [-0.25, -0.2) is 0 Å². The molecular formula is C19H23N3O3. The first-order chi connectivity index (χ1) is 12.2. The highest BCUT2D eigenvalue weighted by Crippen LogP contribution is 2.32. The van der Waals surface area contributed by atoms with Crippen LogP contribution < -0.4 is 0 Å². The summed E-state index contributed by atoms with van der Waals surface area (Å²) in [6, 6.07) is 5.68. The molecule has 1 amide bonds. The van der Waals surface area contributed by atoms with Crippen molar-refractivity contribution in [3.63, 3.8) is 0 Å². The van der Waals surface area contributed by atoms with E-state index in [-0.39, 0.29) is 18.1 Å². The quantitative estimate of drug-likeness (QED) is 0.808. The van der Waals surface area contributed by atoms with Crippen molar-refractivity contribution in [2.75, 3.05) is 13.2 Å². The van der Waals surface area contributed by atoms with Gasteiger partial charge in [-0.15, -0.1) is 0 Å². The predicted octanol–water partition coefficient (Wildman–Crippen LogP) is 2.63. The number of aromatic nitrogens is 2. The van der Waals surface area contributed by atoms with Crippen LogP contribution in [0.2, 0.25) is 0 Å². The Labute approximate surface area is 147 Å². The summed E-state index contributed by atoms with van der Waals surface area (Å²) in [5.41, 5.74) is 1.49. The number of ether oxygens (including phenoxy) is 1. The maximum atomic E-state index is 12.9. The normalized spacial score (nSPS) is 23.2. The van der Waals surface area contributed by atoms with Crippen LogP contribution in [0.5, 0.6) is 0 Å². The molecule has 0 spiro atoms. The van der Waals surface area contributed by atoms with E-state index in [1.165, 1.54) is 12.8 Å². The minimum atomic E-state index is -0.0803. The fourth-order valence-corrected chi connectivity index (χ4v) is 3.43. The van der Waals surface area contributed by atoms with E-state index in [9.17, 15) is 4.79 Å². The van der Waals surface area contributed by atoms with Gasteiger partial charge in [-0.05, 0) is 50.2 Å². The Hall–Kier alpha value is -2.21. The highest BCUT2D eigenvalue weighted by molar-refractivity contribution is 5.92. The topological polar surface area (TPSA) is 68.5 Å². The molecule has 2 atom stereocenters. The molecule has 3 heterocycles. The zero-order chi connectivity index (χ0) is 17.2. The van der Waals surface area contributed by atoms with Crippen molar-refractivity contribution in [3.05, 3.63) is 47.6 Å². The van der Waals surface area contributed by atoms with Crippen LogP contribution in [-0.2, 0) is 11.2 Å². The van der Waals surface area contributed by atoms with Crippen molar-refractivity contribution in [1.29, 1.82) is 0 Å². The summed E-state index contributed by atoms with van der Waals surface area (Å²) in [5.74, 6) is 1.28. The lowest BCUT2D eigenvalue weighted by Crippen LogP contribution is -2.42. The van der Waals surface area contributed by atoms with Gasteiger partial charge >= 0.3 is 0 Å². The number of nitrogens with zero attached hydrogens (tertiary/aromatic N) is 3. The third-order valence-electron chi connectivity index (χ3n) is 5.00. The van der Waals surface area contributed by atoms with Crippen LogP contribution in [0.25, 0.3) is 0 Å². The number of pyridine rings is 1. The number of likely N-dealkylation sites (tertiary alicyclic amines) is 1. The second kappa shape index (κ2) is 6.96. The Morgan fingerprint density at radius 2 is 2.28 bits per heavy atom. The molecule has 2 aliphatic rings. The number of amides is 1. The van der Waals surface area contributed by atoms with E-state index in [1.807, 2.05) is 23.2 Å². The first-order valence-electron chi connectivity index (χ1n) is 8.95.